The molecule has 0 saturated carbocycles. The lowest BCUT2D eigenvalue weighted by Crippen LogP contribution is -2.38. The Morgan fingerprint density at radius 1 is 1.10 bits per heavy atom. The van der Waals surface area contributed by atoms with Crippen molar-refractivity contribution in [2.75, 3.05) is 25.4 Å². The lowest BCUT2D eigenvalue weighted by Gasteiger charge is -2.31. The lowest BCUT2D eigenvalue weighted by molar-refractivity contribution is -0.126. The van der Waals surface area contributed by atoms with Gasteiger partial charge < -0.3 is 15.4 Å². The van der Waals surface area contributed by atoms with Crippen LogP contribution in [0.4, 0.5) is 5.82 Å². The smallest absolute Gasteiger partial charge is 0.298 e. The Morgan fingerprint density at radius 3 is 2.76 bits per heavy atom. The molecular formula is C32H30N8O2. The van der Waals surface area contributed by atoms with Crippen LogP contribution in [0.1, 0.15) is 37.7 Å². The number of hydrogen-bond acceptors (Lipinski definition) is 7. The number of carbonyl (C=O) groups is 1. The van der Waals surface area contributed by atoms with Gasteiger partial charge in [-0.3, -0.25) is 9.36 Å². The van der Waals surface area contributed by atoms with Gasteiger partial charge in [0.15, 0.2) is 17.3 Å². The van der Waals surface area contributed by atoms with Gasteiger partial charge in [-0.25, -0.2) is 19.6 Å². The summed E-state index contributed by atoms with van der Waals surface area (Å²) in [6.45, 7) is 3.87. The fourth-order valence-electron chi connectivity index (χ4n) is 6.07. The molecule has 5 aromatic rings. The average molecular weight is 559 g/mol. The van der Waals surface area contributed by atoms with E-state index in [0.29, 0.717) is 41.6 Å². The summed E-state index contributed by atoms with van der Waals surface area (Å²) in [6, 6.07) is 15.8. The number of fused-ring (bicyclic) bond motifs is 2. The Kier molecular flexibility index (Phi) is 6.55. The monoisotopic (exact) mass is 558 g/mol. The topological polar surface area (TPSA) is 117 Å². The number of aromatic nitrogens is 6. The van der Waals surface area contributed by atoms with Gasteiger partial charge in [0.05, 0.1) is 17.9 Å². The van der Waals surface area contributed by atoms with Crippen LogP contribution in [0.3, 0.4) is 0 Å². The number of nitrogen functional groups attached to an aromatic ring is 1. The third-order valence-electron chi connectivity index (χ3n) is 8.20. The van der Waals surface area contributed by atoms with Crippen molar-refractivity contribution in [1.29, 1.82) is 0 Å². The largest absolute Gasteiger partial charge is 0.493 e. The minimum absolute atomic E-state index is 0.0660. The standard InChI is InChI=1S/C32H30N8O2/c1-2-5-29(41)38-16-11-21(12-17-38)18-22-20-42-27-19-23(7-8-24(22)27)40-31(25-6-3-13-34-30(25)33)36-26-9-10-28(37-32(26)40)39-15-4-14-35-39/h3-4,6-10,13-15,19,21-22H,11-12,16-18,20H2,1H3,(H2,33,34). The molecule has 1 atom stereocenters. The Bertz CT molecular complexity index is 1840. The Morgan fingerprint density at radius 2 is 1.98 bits per heavy atom. The van der Waals surface area contributed by atoms with Gasteiger partial charge >= 0.3 is 0 Å². The van der Waals surface area contributed by atoms with Crippen LogP contribution in [-0.4, -0.2) is 59.8 Å². The van der Waals surface area contributed by atoms with Crippen molar-refractivity contribution in [2.24, 2.45) is 5.92 Å². The number of anilines is 1. The number of hydrogen-bond donors (Lipinski definition) is 1. The first-order chi connectivity index (χ1) is 20.6. The second kappa shape index (κ2) is 10.7. The van der Waals surface area contributed by atoms with E-state index in [1.54, 1.807) is 24.0 Å². The maximum Gasteiger partial charge on any atom is 0.298 e. The van der Waals surface area contributed by atoms with Crippen LogP contribution in [-0.2, 0) is 4.79 Å². The minimum atomic E-state index is -0.0660. The molecule has 210 valence electrons. The van der Waals surface area contributed by atoms with Crippen molar-refractivity contribution in [2.45, 2.75) is 32.1 Å². The van der Waals surface area contributed by atoms with Crippen LogP contribution in [0.2, 0.25) is 0 Å². The Balaban J connectivity index is 1.21. The molecule has 0 bridgehead atoms. The molecule has 0 spiro atoms. The molecule has 42 heavy (non-hydrogen) atoms. The molecule has 6 heterocycles. The van der Waals surface area contributed by atoms with Crippen LogP contribution in [0.5, 0.6) is 5.75 Å². The second-order valence-electron chi connectivity index (χ2n) is 10.7. The van der Waals surface area contributed by atoms with Crippen molar-refractivity contribution in [3.05, 3.63) is 72.7 Å². The fourth-order valence-corrected chi connectivity index (χ4v) is 6.07. The third kappa shape index (κ3) is 4.63. The second-order valence-corrected chi connectivity index (χ2v) is 10.7. The SMILES string of the molecule is CC#CC(=O)N1CCC(CC2COc3cc(-n4c(-c5cccnc5N)nc5ccc(-n6cccn6)nc54)ccc32)CC1. The van der Waals surface area contributed by atoms with Crippen LogP contribution < -0.4 is 10.5 Å². The molecule has 10 heteroatoms. The summed E-state index contributed by atoms with van der Waals surface area (Å²) in [6.07, 6.45) is 8.27. The quantitative estimate of drug-likeness (QED) is 0.318. The summed E-state index contributed by atoms with van der Waals surface area (Å²) in [5.74, 6) is 8.79. The van der Waals surface area contributed by atoms with Gasteiger partial charge in [-0.05, 0) is 74.4 Å². The van der Waals surface area contributed by atoms with E-state index in [0.717, 1.165) is 54.9 Å². The number of likely N-dealkylation sites (tertiary alicyclic amines) is 1. The van der Waals surface area contributed by atoms with Gasteiger partial charge in [0.2, 0.25) is 0 Å². The molecule has 2 aliphatic rings. The molecule has 1 aromatic carbocycles. The highest BCUT2D eigenvalue weighted by Gasteiger charge is 2.30. The van der Waals surface area contributed by atoms with E-state index in [2.05, 4.69) is 40.1 Å². The molecule has 0 aliphatic carbocycles. The Labute approximate surface area is 243 Å². The summed E-state index contributed by atoms with van der Waals surface area (Å²) in [4.78, 5) is 28.2. The number of pyridine rings is 2. The molecule has 4 aromatic heterocycles. The summed E-state index contributed by atoms with van der Waals surface area (Å²) in [7, 11) is 0. The molecule has 1 saturated heterocycles. The number of nitrogens with zero attached hydrogens (tertiary/aromatic N) is 7. The molecule has 1 fully saturated rings. The zero-order valence-corrected chi connectivity index (χ0v) is 23.3. The lowest BCUT2D eigenvalue weighted by atomic mass is 9.85. The Hall–Kier alpha value is -5.17. The van der Waals surface area contributed by atoms with Gasteiger partial charge in [-0.15, -0.1) is 0 Å². The van der Waals surface area contributed by atoms with Gasteiger partial charge in [0, 0.05) is 49.2 Å². The summed E-state index contributed by atoms with van der Waals surface area (Å²) < 4.78 is 10.00. The van der Waals surface area contributed by atoms with Gasteiger partial charge in [-0.1, -0.05) is 12.0 Å². The van der Waals surface area contributed by atoms with E-state index in [1.807, 2.05) is 46.0 Å². The summed E-state index contributed by atoms with van der Waals surface area (Å²) >= 11 is 0. The van der Waals surface area contributed by atoms with E-state index in [4.69, 9.17) is 20.4 Å². The summed E-state index contributed by atoms with van der Waals surface area (Å²) in [5, 5.41) is 4.35. The number of benzene rings is 1. The van der Waals surface area contributed by atoms with Gasteiger partial charge in [0.1, 0.15) is 17.1 Å². The normalized spacial score (nSPS) is 16.6. The van der Waals surface area contributed by atoms with Gasteiger partial charge in [0.25, 0.3) is 5.91 Å². The maximum atomic E-state index is 12.1. The molecule has 0 radical (unpaired) electrons. The fraction of sp³-hybridized carbons (Fsp3) is 0.281. The number of ether oxygens (including phenoxy) is 1. The molecule has 2 aliphatic heterocycles. The first-order valence-electron chi connectivity index (χ1n) is 14.2. The highest BCUT2D eigenvalue weighted by molar-refractivity contribution is 5.93. The van der Waals surface area contributed by atoms with Crippen LogP contribution in [0.25, 0.3) is 34.1 Å². The number of carbonyl (C=O) groups excluding carboxylic acids is 1. The first-order valence-corrected chi connectivity index (χ1v) is 14.2. The molecule has 1 unspecified atom stereocenters. The predicted molar refractivity (Wildman–Crippen MR) is 159 cm³/mol. The third-order valence-corrected chi connectivity index (χ3v) is 8.20. The predicted octanol–water partition coefficient (Wildman–Crippen LogP) is 4.38. The van der Waals surface area contributed by atoms with E-state index >= 15 is 0 Å². The maximum absolute atomic E-state index is 12.1. The number of amides is 1. The summed E-state index contributed by atoms with van der Waals surface area (Å²) in [5.41, 5.74) is 10.6. The number of piperidine rings is 1. The van der Waals surface area contributed by atoms with E-state index in [-0.39, 0.29) is 5.91 Å². The van der Waals surface area contributed by atoms with Crippen molar-refractivity contribution in [1.82, 2.24) is 34.2 Å². The van der Waals surface area contributed by atoms with Crippen molar-refractivity contribution in [3.8, 4) is 40.5 Å². The van der Waals surface area contributed by atoms with Crippen LogP contribution in [0, 0.1) is 17.8 Å². The zero-order chi connectivity index (χ0) is 28.6. The van der Waals surface area contributed by atoms with Crippen molar-refractivity contribution < 1.29 is 9.53 Å². The average Bonchev–Trinajstić information content (AvgIpc) is 3.77. The molecule has 1 amide bonds. The van der Waals surface area contributed by atoms with E-state index in [1.165, 1.54) is 5.56 Å². The molecule has 2 N–H and O–H groups in total. The molecule has 10 nitrogen and oxygen atoms in total. The van der Waals surface area contributed by atoms with Crippen LogP contribution in [0.15, 0.2) is 67.1 Å². The number of rotatable bonds is 5. The minimum Gasteiger partial charge on any atom is -0.493 e. The van der Waals surface area contributed by atoms with E-state index in [9.17, 15) is 4.79 Å². The highest BCUT2D eigenvalue weighted by atomic mass is 16.5. The van der Waals surface area contributed by atoms with Crippen molar-refractivity contribution in [3.63, 3.8) is 0 Å². The number of imidazole rings is 1. The zero-order valence-electron chi connectivity index (χ0n) is 23.3. The van der Waals surface area contributed by atoms with Crippen LogP contribution >= 0.6 is 0 Å². The molecule has 7 rings (SSSR count). The molecular weight excluding hydrogens is 528 g/mol. The van der Waals surface area contributed by atoms with Crippen molar-refractivity contribution >= 4 is 22.9 Å². The first kappa shape index (κ1) is 25.8. The highest BCUT2D eigenvalue weighted by Crippen LogP contribution is 2.41. The van der Waals surface area contributed by atoms with Gasteiger partial charge in [-0.2, -0.15) is 5.10 Å². The number of nitrogens with two attached hydrogens (primary N) is 1. The van der Waals surface area contributed by atoms with E-state index < -0.39 is 0 Å².